The normalized spacial score (nSPS) is 18.3. The molecule has 2 rings (SSSR count). The van der Waals surface area contributed by atoms with Crippen LogP contribution >= 0.6 is 0 Å². The molecule has 1 aliphatic rings. The molecule has 0 saturated carbocycles. The number of hydrogen-bond acceptors (Lipinski definition) is 3. The average molecular weight is 275 g/mol. The standard InChI is InChI=1S/C16H25N3O/c1-13-7-8-15(11-17-13)14(2)18-16(20)12-19-9-5-3-4-6-10-19/h7-8,11,14H,3-6,9-10,12H2,1-2H3,(H,18,20)/t14-/m0/s1. The van der Waals surface area contributed by atoms with E-state index >= 15 is 0 Å². The second-order valence-electron chi connectivity index (χ2n) is 5.71. The van der Waals surface area contributed by atoms with Crippen molar-refractivity contribution in [2.24, 2.45) is 0 Å². The van der Waals surface area contributed by atoms with Gasteiger partial charge >= 0.3 is 0 Å². The largest absolute Gasteiger partial charge is 0.348 e. The fourth-order valence-electron chi connectivity index (χ4n) is 2.60. The summed E-state index contributed by atoms with van der Waals surface area (Å²) in [6.45, 7) is 6.59. The van der Waals surface area contributed by atoms with E-state index in [-0.39, 0.29) is 11.9 Å². The molecule has 0 aliphatic carbocycles. The summed E-state index contributed by atoms with van der Waals surface area (Å²) in [6, 6.07) is 4.02. The van der Waals surface area contributed by atoms with Crippen LogP contribution in [0.25, 0.3) is 0 Å². The van der Waals surface area contributed by atoms with Gasteiger partial charge in [-0.25, -0.2) is 0 Å². The molecule has 0 aromatic carbocycles. The Morgan fingerprint density at radius 2 is 2.00 bits per heavy atom. The lowest BCUT2D eigenvalue weighted by Crippen LogP contribution is -2.38. The zero-order valence-electron chi connectivity index (χ0n) is 12.6. The Labute approximate surface area is 121 Å². The molecule has 1 N–H and O–H groups in total. The molecular formula is C16H25N3O. The van der Waals surface area contributed by atoms with Crippen molar-refractivity contribution in [3.63, 3.8) is 0 Å². The first kappa shape index (κ1) is 15.0. The minimum Gasteiger partial charge on any atom is -0.348 e. The molecule has 0 spiro atoms. The summed E-state index contributed by atoms with van der Waals surface area (Å²) in [4.78, 5) is 18.6. The molecule has 1 amide bonds. The number of nitrogens with one attached hydrogen (secondary N) is 1. The van der Waals surface area contributed by atoms with Crippen molar-refractivity contribution < 1.29 is 4.79 Å². The first-order chi connectivity index (χ1) is 9.65. The molecule has 110 valence electrons. The van der Waals surface area contributed by atoms with Crippen molar-refractivity contribution in [1.29, 1.82) is 0 Å². The number of likely N-dealkylation sites (tertiary alicyclic amines) is 1. The Morgan fingerprint density at radius 1 is 1.30 bits per heavy atom. The van der Waals surface area contributed by atoms with Gasteiger partial charge in [-0.2, -0.15) is 0 Å². The second-order valence-corrected chi connectivity index (χ2v) is 5.71. The van der Waals surface area contributed by atoms with E-state index < -0.39 is 0 Å². The molecule has 1 saturated heterocycles. The zero-order valence-corrected chi connectivity index (χ0v) is 12.6. The van der Waals surface area contributed by atoms with E-state index in [1.54, 1.807) is 0 Å². The highest BCUT2D eigenvalue weighted by Gasteiger charge is 2.15. The molecule has 20 heavy (non-hydrogen) atoms. The Hall–Kier alpha value is -1.42. The number of rotatable bonds is 4. The number of aromatic nitrogens is 1. The predicted molar refractivity (Wildman–Crippen MR) is 80.4 cm³/mol. The molecule has 2 heterocycles. The van der Waals surface area contributed by atoms with Crippen molar-refractivity contribution >= 4 is 5.91 Å². The lowest BCUT2D eigenvalue weighted by Gasteiger charge is -2.21. The third-order valence-electron chi connectivity index (χ3n) is 3.88. The van der Waals surface area contributed by atoms with Crippen LogP contribution in [0.3, 0.4) is 0 Å². The molecule has 0 bridgehead atoms. The highest BCUT2D eigenvalue weighted by Crippen LogP contribution is 2.12. The first-order valence-corrected chi connectivity index (χ1v) is 7.59. The van der Waals surface area contributed by atoms with E-state index in [4.69, 9.17) is 0 Å². The van der Waals surface area contributed by atoms with Crippen molar-refractivity contribution in [2.75, 3.05) is 19.6 Å². The molecule has 4 heteroatoms. The number of carbonyl (C=O) groups is 1. The smallest absolute Gasteiger partial charge is 0.234 e. The summed E-state index contributed by atoms with van der Waals surface area (Å²) in [5, 5.41) is 3.06. The maximum absolute atomic E-state index is 12.1. The van der Waals surface area contributed by atoms with Crippen LogP contribution in [-0.4, -0.2) is 35.4 Å². The Morgan fingerprint density at radius 3 is 2.60 bits per heavy atom. The van der Waals surface area contributed by atoms with Crippen LogP contribution in [0.1, 0.15) is 49.9 Å². The van der Waals surface area contributed by atoms with Crippen molar-refractivity contribution in [1.82, 2.24) is 15.2 Å². The van der Waals surface area contributed by atoms with Gasteiger partial charge in [0.2, 0.25) is 5.91 Å². The SMILES string of the molecule is Cc1ccc([C@H](C)NC(=O)CN2CCCCCC2)cn1. The minimum absolute atomic E-state index is 0.0163. The van der Waals surface area contributed by atoms with E-state index in [0.29, 0.717) is 6.54 Å². The lowest BCUT2D eigenvalue weighted by molar-refractivity contribution is -0.122. The molecular weight excluding hydrogens is 250 g/mol. The number of hydrogen-bond donors (Lipinski definition) is 1. The molecule has 1 aromatic rings. The van der Waals surface area contributed by atoms with Crippen LogP contribution < -0.4 is 5.32 Å². The fraction of sp³-hybridized carbons (Fsp3) is 0.625. The van der Waals surface area contributed by atoms with Crippen LogP contribution in [0.5, 0.6) is 0 Å². The molecule has 1 aromatic heterocycles. The Kier molecular flexibility index (Phi) is 5.53. The number of nitrogens with zero attached hydrogens (tertiary/aromatic N) is 2. The van der Waals surface area contributed by atoms with Crippen LogP contribution in [0, 0.1) is 6.92 Å². The highest BCUT2D eigenvalue weighted by atomic mass is 16.2. The third-order valence-corrected chi connectivity index (χ3v) is 3.88. The van der Waals surface area contributed by atoms with Crippen molar-refractivity contribution in [3.8, 4) is 0 Å². The molecule has 1 aliphatic heterocycles. The van der Waals surface area contributed by atoms with E-state index in [1.165, 1.54) is 25.7 Å². The number of pyridine rings is 1. The van der Waals surface area contributed by atoms with Crippen LogP contribution in [0.15, 0.2) is 18.3 Å². The fourth-order valence-corrected chi connectivity index (χ4v) is 2.60. The van der Waals surface area contributed by atoms with E-state index in [2.05, 4.69) is 15.2 Å². The Bertz CT molecular complexity index is 422. The Balaban J connectivity index is 1.82. The van der Waals surface area contributed by atoms with Gasteiger partial charge < -0.3 is 5.32 Å². The van der Waals surface area contributed by atoms with Crippen LogP contribution in [0.4, 0.5) is 0 Å². The third kappa shape index (κ3) is 4.60. The van der Waals surface area contributed by atoms with Gasteiger partial charge in [-0.3, -0.25) is 14.7 Å². The van der Waals surface area contributed by atoms with Gasteiger partial charge in [-0.15, -0.1) is 0 Å². The van der Waals surface area contributed by atoms with Crippen LogP contribution in [0.2, 0.25) is 0 Å². The summed E-state index contributed by atoms with van der Waals surface area (Å²) in [6.07, 6.45) is 6.86. The summed E-state index contributed by atoms with van der Waals surface area (Å²) in [5.41, 5.74) is 2.05. The van der Waals surface area contributed by atoms with E-state index in [1.807, 2.05) is 32.2 Å². The van der Waals surface area contributed by atoms with Gasteiger partial charge in [-0.1, -0.05) is 18.9 Å². The van der Waals surface area contributed by atoms with Gasteiger partial charge in [0, 0.05) is 11.9 Å². The van der Waals surface area contributed by atoms with E-state index in [0.717, 1.165) is 24.3 Å². The zero-order chi connectivity index (χ0) is 14.4. The minimum atomic E-state index is 0.0163. The number of amides is 1. The maximum atomic E-state index is 12.1. The maximum Gasteiger partial charge on any atom is 0.234 e. The quantitative estimate of drug-likeness (QED) is 0.918. The predicted octanol–water partition coefficient (Wildman–Crippen LogP) is 2.44. The first-order valence-electron chi connectivity index (χ1n) is 7.59. The molecule has 4 nitrogen and oxygen atoms in total. The summed E-state index contributed by atoms with van der Waals surface area (Å²) < 4.78 is 0. The topological polar surface area (TPSA) is 45.2 Å². The molecule has 1 atom stereocenters. The second kappa shape index (κ2) is 7.39. The summed E-state index contributed by atoms with van der Waals surface area (Å²) in [7, 11) is 0. The number of carbonyl (C=O) groups excluding carboxylic acids is 1. The van der Waals surface area contributed by atoms with E-state index in [9.17, 15) is 4.79 Å². The van der Waals surface area contributed by atoms with Crippen molar-refractivity contribution in [2.45, 2.75) is 45.6 Å². The van der Waals surface area contributed by atoms with Gasteiger partial charge in [-0.05, 0) is 51.4 Å². The average Bonchev–Trinajstić information content (AvgIpc) is 2.68. The summed E-state index contributed by atoms with van der Waals surface area (Å²) >= 11 is 0. The number of aryl methyl sites for hydroxylation is 1. The monoisotopic (exact) mass is 275 g/mol. The van der Waals surface area contributed by atoms with Gasteiger partial charge in [0.1, 0.15) is 0 Å². The molecule has 0 radical (unpaired) electrons. The molecule has 0 unspecified atom stereocenters. The van der Waals surface area contributed by atoms with Gasteiger partial charge in [0.05, 0.1) is 12.6 Å². The van der Waals surface area contributed by atoms with Gasteiger partial charge in [0.25, 0.3) is 0 Å². The van der Waals surface area contributed by atoms with Crippen molar-refractivity contribution in [3.05, 3.63) is 29.6 Å². The highest BCUT2D eigenvalue weighted by molar-refractivity contribution is 5.78. The molecule has 1 fully saturated rings. The van der Waals surface area contributed by atoms with Crippen LogP contribution in [-0.2, 0) is 4.79 Å². The summed E-state index contributed by atoms with van der Waals surface area (Å²) in [5.74, 6) is 0.111. The lowest BCUT2D eigenvalue weighted by atomic mass is 10.1. The van der Waals surface area contributed by atoms with Gasteiger partial charge in [0.15, 0.2) is 0 Å².